The molecule has 0 saturated carbocycles. The van der Waals surface area contributed by atoms with Gasteiger partial charge in [0.2, 0.25) is 5.91 Å². The molecule has 0 atom stereocenters. The van der Waals surface area contributed by atoms with Crippen molar-refractivity contribution in [1.82, 2.24) is 4.57 Å². The smallest absolute Gasteiger partial charge is 0.255 e. The molecule has 0 radical (unpaired) electrons. The molecule has 3 rings (SSSR count). The van der Waals surface area contributed by atoms with E-state index < -0.39 is 0 Å². The minimum atomic E-state index is -0.344. The number of hydrogen-bond donors (Lipinski definition) is 2. The van der Waals surface area contributed by atoms with E-state index in [4.69, 9.17) is 5.26 Å². The quantitative estimate of drug-likeness (QED) is 0.703. The van der Waals surface area contributed by atoms with Crippen molar-refractivity contribution >= 4 is 23.2 Å². The van der Waals surface area contributed by atoms with Crippen LogP contribution in [0.1, 0.15) is 21.5 Å². The predicted octanol–water partition coefficient (Wildman–Crippen LogP) is 2.92. The van der Waals surface area contributed by atoms with Crippen molar-refractivity contribution in [2.24, 2.45) is 0 Å². The number of aryl methyl sites for hydroxylation is 1. The monoisotopic (exact) mass is 386 g/mol. The number of pyridine rings is 1. The Morgan fingerprint density at radius 2 is 1.76 bits per heavy atom. The molecule has 0 saturated heterocycles. The van der Waals surface area contributed by atoms with Crippen molar-refractivity contribution < 1.29 is 9.59 Å². The first-order chi connectivity index (χ1) is 13.9. The molecule has 29 heavy (non-hydrogen) atoms. The molecule has 0 fully saturated rings. The normalized spacial score (nSPS) is 10.1. The van der Waals surface area contributed by atoms with Crippen molar-refractivity contribution in [3.63, 3.8) is 0 Å². The van der Waals surface area contributed by atoms with Crippen molar-refractivity contribution in [2.75, 3.05) is 10.6 Å². The average molecular weight is 386 g/mol. The lowest BCUT2D eigenvalue weighted by Gasteiger charge is -2.09. The fourth-order valence-electron chi connectivity index (χ4n) is 2.70. The maximum Gasteiger partial charge on any atom is 0.255 e. The SMILES string of the molecule is Cc1ccc(=O)n(CC(=O)Nc2ccc(C(=O)Nc3cccc(C#N)c3)cc2)c1. The summed E-state index contributed by atoms with van der Waals surface area (Å²) in [6.45, 7) is 1.74. The summed E-state index contributed by atoms with van der Waals surface area (Å²) < 4.78 is 1.34. The van der Waals surface area contributed by atoms with E-state index in [-0.39, 0.29) is 23.9 Å². The van der Waals surface area contributed by atoms with Crippen LogP contribution in [0.3, 0.4) is 0 Å². The summed E-state index contributed by atoms with van der Waals surface area (Å²) in [6.07, 6.45) is 1.62. The highest BCUT2D eigenvalue weighted by Gasteiger charge is 2.09. The Morgan fingerprint density at radius 1 is 1.00 bits per heavy atom. The molecule has 7 nitrogen and oxygen atoms in total. The number of nitrogens with zero attached hydrogens (tertiary/aromatic N) is 2. The first kappa shape index (κ1) is 19.6. The van der Waals surface area contributed by atoms with Gasteiger partial charge in [-0.05, 0) is 55.0 Å². The molecule has 0 aliphatic carbocycles. The van der Waals surface area contributed by atoms with Gasteiger partial charge in [-0.15, -0.1) is 0 Å². The molecule has 0 aliphatic heterocycles. The van der Waals surface area contributed by atoms with E-state index >= 15 is 0 Å². The molecular weight excluding hydrogens is 368 g/mol. The number of anilines is 2. The molecule has 2 amide bonds. The first-order valence-electron chi connectivity index (χ1n) is 8.83. The topological polar surface area (TPSA) is 104 Å². The van der Waals surface area contributed by atoms with Gasteiger partial charge in [0.15, 0.2) is 0 Å². The number of carbonyl (C=O) groups is 2. The van der Waals surface area contributed by atoms with Gasteiger partial charge >= 0.3 is 0 Å². The summed E-state index contributed by atoms with van der Waals surface area (Å²) in [5.74, 6) is -0.674. The molecule has 0 aliphatic rings. The standard InChI is InChI=1S/C22H18N4O3/c1-15-5-10-21(28)26(13-15)14-20(27)24-18-8-6-17(7-9-18)22(29)25-19-4-2-3-16(11-19)12-23/h2-11,13H,14H2,1H3,(H,24,27)(H,25,29). The van der Waals surface area contributed by atoms with Gasteiger partial charge in [0.25, 0.3) is 11.5 Å². The summed E-state index contributed by atoms with van der Waals surface area (Å²) in [5.41, 5.74) is 2.52. The lowest BCUT2D eigenvalue weighted by molar-refractivity contribution is -0.116. The fraction of sp³-hybridized carbons (Fsp3) is 0.0909. The molecule has 3 aromatic rings. The summed E-state index contributed by atoms with van der Waals surface area (Å²) in [6, 6.07) is 18.1. The number of nitriles is 1. The zero-order chi connectivity index (χ0) is 20.8. The summed E-state index contributed by atoms with van der Waals surface area (Å²) in [7, 11) is 0. The zero-order valence-corrected chi connectivity index (χ0v) is 15.7. The maximum atomic E-state index is 12.3. The summed E-state index contributed by atoms with van der Waals surface area (Å²) >= 11 is 0. The van der Waals surface area contributed by atoms with Gasteiger partial charge in [-0.3, -0.25) is 14.4 Å². The third-order valence-corrected chi connectivity index (χ3v) is 4.13. The molecule has 0 unspecified atom stereocenters. The van der Waals surface area contributed by atoms with Gasteiger partial charge in [-0.2, -0.15) is 5.26 Å². The minimum Gasteiger partial charge on any atom is -0.325 e. The van der Waals surface area contributed by atoms with E-state index in [0.29, 0.717) is 22.5 Å². The number of aromatic nitrogens is 1. The van der Waals surface area contributed by atoms with Crippen LogP contribution < -0.4 is 16.2 Å². The summed E-state index contributed by atoms with van der Waals surface area (Å²) in [4.78, 5) is 36.3. The van der Waals surface area contributed by atoms with Crippen LogP contribution in [-0.4, -0.2) is 16.4 Å². The largest absolute Gasteiger partial charge is 0.325 e. The van der Waals surface area contributed by atoms with Crippen LogP contribution in [0, 0.1) is 18.3 Å². The maximum absolute atomic E-state index is 12.3. The Bertz CT molecular complexity index is 1160. The lowest BCUT2D eigenvalue weighted by Crippen LogP contribution is -2.26. The molecule has 144 valence electrons. The molecule has 2 N–H and O–H groups in total. The number of rotatable bonds is 5. The van der Waals surface area contributed by atoms with Crippen molar-refractivity contribution in [2.45, 2.75) is 13.5 Å². The van der Waals surface area contributed by atoms with Gasteiger partial charge in [0.1, 0.15) is 6.54 Å². The summed E-state index contributed by atoms with van der Waals surface area (Å²) in [5, 5.41) is 14.3. The van der Waals surface area contributed by atoms with E-state index in [1.54, 1.807) is 60.8 Å². The van der Waals surface area contributed by atoms with Crippen molar-refractivity contribution in [1.29, 1.82) is 5.26 Å². The Labute approximate surface area is 167 Å². The Balaban J connectivity index is 1.62. The second-order valence-corrected chi connectivity index (χ2v) is 6.44. The van der Waals surface area contributed by atoms with Crippen molar-refractivity contribution in [3.8, 4) is 6.07 Å². The highest BCUT2D eigenvalue weighted by molar-refractivity contribution is 6.04. The van der Waals surface area contributed by atoms with Crippen LogP contribution in [0.25, 0.3) is 0 Å². The molecule has 1 aromatic heterocycles. The fourth-order valence-corrected chi connectivity index (χ4v) is 2.70. The van der Waals surface area contributed by atoms with Crippen LogP contribution >= 0.6 is 0 Å². The van der Waals surface area contributed by atoms with Gasteiger partial charge in [0.05, 0.1) is 11.6 Å². The number of benzene rings is 2. The van der Waals surface area contributed by atoms with Gasteiger partial charge < -0.3 is 15.2 Å². The van der Waals surface area contributed by atoms with E-state index in [2.05, 4.69) is 10.6 Å². The third-order valence-electron chi connectivity index (χ3n) is 4.13. The van der Waals surface area contributed by atoms with Gasteiger partial charge in [-0.1, -0.05) is 12.1 Å². The van der Waals surface area contributed by atoms with Crippen LogP contribution in [0.5, 0.6) is 0 Å². The molecule has 2 aromatic carbocycles. The highest BCUT2D eigenvalue weighted by Crippen LogP contribution is 2.14. The van der Waals surface area contributed by atoms with Crippen molar-refractivity contribution in [3.05, 3.63) is 93.9 Å². The molecule has 0 spiro atoms. The van der Waals surface area contributed by atoms with Gasteiger partial charge in [-0.25, -0.2) is 0 Å². The number of carbonyl (C=O) groups excluding carboxylic acids is 2. The van der Waals surface area contributed by atoms with E-state index in [9.17, 15) is 14.4 Å². The van der Waals surface area contributed by atoms with E-state index in [1.807, 2.05) is 13.0 Å². The Hall–Kier alpha value is -4.18. The molecular formula is C22H18N4O3. The lowest BCUT2D eigenvalue weighted by atomic mass is 10.1. The van der Waals surface area contributed by atoms with E-state index in [0.717, 1.165) is 5.56 Å². The number of nitrogens with one attached hydrogen (secondary N) is 2. The van der Waals surface area contributed by atoms with E-state index in [1.165, 1.54) is 10.6 Å². The van der Waals surface area contributed by atoms with Crippen LogP contribution in [0.4, 0.5) is 11.4 Å². The highest BCUT2D eigenvalue weighted by atomic mass is 16.2. The first-order valence-corrected chi connectivity index (χ1v) is 8.83. The third kappa shape index (κ3) is 5.17. The number of amides is 2. The molecule has 0 bridgehead atoms. The number of hydrogen-bond acceptors (Lipinski definition) is 4. The van der Waals surface area contributed by atoms with Gasteiger partial charge in [0, 0.05) is 29.2 Å². The average Bonchev–Trinajstić information content (AvgIpc) is 2.71. The predicted molar refractivity (Wildman–Crippen MR) is 110 cm³/mol. The zero-order valence-electron chi connectivity index (χ0n) is 15.7. The van der Waals surface area contributed by atoms with Crippen LogP contribution in [0.15, 0.2) is 71.7 Å². The van der Waals surface area contributed by atoms with Crippen LogP contribution in [-0.2, 0) is 11.3 Å². The molecule has 7 heteroatoms. The molecule has 1 heterocycles. The Kier molecular flexibility index (Phi) is 5.85. The second-order valence-electron chi connectivity index (χ2n) is 6.44. The van der Waals surface area contributed by atoms with Crippen LogP contribution in [0.2, 0.25) is 0 Å². The second kappa shape index (κ2) is 8.67. The Morgan fingerprint density at radius 3 is 2.48 bits per heavy atom. The minimum absolute atomic E-state index is 0.0992.